The molecule has 4 N–H and O–H groups in total. The molecule has 80 valence electrons. The van der Waals surface area contributed by atoms with Crippen LogP contribution in [-0.4, -0.2) is 15.6 Å². The first-order valence-corrected chi connectivity index (χ1v) is 4.99. The summed E-state index contributed by atoms with van der Waals surface area (Å²) in [5, 5.41) is 11.4. The van der Waals surface area contributed by atoms with E-state index in [4.69, 9.17) is 11.1 Å². The van der Waals surface area contributed by atoms with Gasteiger partial charge in [0.05, 0.1) is 12.4 Å². The first-order valence-electron chi connectivity index (χ1n) is 4.99. The van der Waals surface area contributed by atoms with E-state index in [0.29, 0.717) is 17.5 Å². The van der Waals surface area contributed by atoms with Crippen molar-refractivity contribution < 1.29 is 0 Å². The normalized spacial score (nSPS) is 16.5. The molecule has 0 amide bonds. The standard InChI is InChI=1S/C10H15N5/c1-7(11)4-10(12)14-15-6-9(5-13-15)8-2-3-8/h4-6,8,11,14H,2-3,12H2,1H3/b10-4+,11-7?. The summed E-state index contributed by atoms with van der Waals surface area (Å²) in [7, 11) is 0. The summed E-state index contributed by atoms with van der Waals surface area (Å²) in [6, 6.07) is 0. The number of nitrogens with zero attached hydrogens (tertiary/aromatic N) is 2. The summed E-state index contributed by atoms with van der Waals surface area (Å²) in [5.74, 6) is 1.11. The van der Waals surface area contributed by atoms with Gasteiger partial charge in [0.1, 0.15) is 5.82 Å². The molecule has 0 unspecified atom stereocenters. The third kappa shape index (κ3) is 2.59. The second-order valence-electron chi connectivity index (χ2n) is 3.89. The van der Waals surface area contributed by atoms with Crippen LogP contribution in [0.3, 0.4) is 0 Å². The molecular formula is C10H15N5. The Hall–Kier alpha value is -1.78. The third-order valence-electron chi connectivity index (χ3n) is 2.27. The minimum Gasteiger partial charge on any atom is -0.384 e. The fraction of sp³-hybridized carbons (Fsp3) is 0.400. The van der Waals surface area contributed by atoms with Crippen molar-refractivity contribution in [3.8, 4) is 0 Å². The minimum atomic E-state index is 0.412. The van der Waals surface area contributed by atoms with E-state index in [2.05, 4.69) is 10.5 Å². The van der Waals surface area contributed by atoms with Crippen molar-refractivity contribution >= 4 is 5.71 Å². The van der Waals surface area contributed by atoms with Crippen LogP contribution in [0.4, 0.5) is 0 Å². The summed E-state index contributed by atoms with van der Waals surface area (Å²) in [5.41, 5.74) is 10.2. The van der Waals surface area contributed by atoms with E-state index in [1.807, 2.05) is 12.4 Å². The Kier molecular flexibility index (Phi) is 2.45. The number of nitrogens with two attached hydrogens (primary N) is 1. The highest BCUT2D eigenvalue weighted by atomic mass is 15.6. The van der Waals surface area contributed by atoms with Gasteiger partial charge in [-0.05, 0) is 31.2 Å². The van der Waals surface area contributed by atoms with Gasteiger partial charge in [-0.15, -0.1) is 0 Å². The minimum absolute atomic E-state index is 0.412. The predicted molar refractivity (Wildman–Crippen MR) is 59.2 cm³/mol. The van der Waals surface area contributed by atoms with Crippen molar-refractivity contribution in [1.29, 1.82) is 5.41 Å². The van der Waals surface area contributed by atoms with Crippen LogP contribution in [0.15, 0.2) is 24.3 Å². The van der Waals surface area contributed by atoms with Crippen LogP contribution in [0, 0.1) is 5.41 Å². The SMILES string of the molecule is CC(=N)/C=C(\N)Nn1cc(C2CC2)cn1. The fourth-order valence-electron chi connectivity index (χ4n) is 1.42. The first-order chi connectivity index (χ1) is 7.15. The number of rotatable bonds is 4. The van der Waals surface area contributed by atoms with Crippen LogP contribution >= 0.6 is 0 Å². The molecule has 0 aliphatic heterocycles. The highest BCUT2D eigenvalue weighted by Gasteiger charge is 2.24. The molecule has 1 heterocycles. The third-order valence-corrected chi connectivity index (χ3v) is 2.27. The topological polar surface area (TPSA) is 79.7 Å². The highest BCUT2D eigenvalue weighted by Crippen LogP contribution is 2.39. The van der Waals surface area contributed by atoms with Gasteiger partial charge in [-0.25, -0.2) is 0 Å². The van der Waals surface area contributed by atoms with Gasteiger partial charge in [0.2, 0.25) is 0 Å². The largest absolute Gasteiger partial charge is 0.384 e. The average molecular weight is 205 g/mol. The van der Waals surface area contributed by atoms with Crippen LogP contribution < -0.4 is 11.2 Å². The maximum Gasteiger partial charge on any atom is 0.118 e. The summed E-state index contributed by atoms with van der Waals surface area (Å²) in [6.07, 6.45) is 7.87. The number of nitrogens with one attached hydrogen (secondary N) is 2. The Morgan fingerprint density at radius 2 is 2.47 bits per heavy atom. The lowest BCUT2D eigenvalue weighted by Gasteiger charge is -2.04. The van der Waals surface area contributed by atoms with Crippen molar-refractivity contribution in [1.82, 2.24) is 9.89 Å². The van der Waals surface area contributed by atoms with E-state index in [0.717, 1.165) is 0 Å². The summed E-state index contributed by atoms with van der Waals surface area (Å²) < 4.78 is 0. The van der Waals surface area contributed by atoms with Crippen molar-refractivity contribution in [2.75, 3.05) is 5.43 Å². The van der Waals surface area contributed by atoms with Crippen LogP contribution in [0.5, 0.6) is 0 Å². The predicted octanol–water partition coefficient (Wildman–Crippen LogP) is 1.14. The van der Waals surface area contributed by atoms with E-state index in [1.165, 1.54) is 18.4 Å². The van der Waals surface area contributed by atoms with Crippen LogP contribution in [-0.2, 0) is 0 Å². The lowest BCUT2D eigenvalue weighted by Crippen LogP contribution is -2.21. The molecular weight excluding hydrogens is 190 g/mol. The van der Waals surface area contributed by atoms with Gasteiger partial charge >= 0.3 is 0 Å². The first kappa shape index (κ1) is 9.76. The van der Waals surface area contributed by atoms with Crippen LogP contribution in [0.1, 0.15) is 31.2 Å². The Bertz CT molecular complexity index is 400. The molecule has 1 aromatic heterocycles. The number of allylic oxidation sites excluding steroid dienone is 1. The Balaban J connectivity index is 2.00. The smallest absolute Gasteiger partial charge is 0.118 e. The maximum absolute atomic E-state index is 7.25. The van der Waals surface area contributed by atoms with E-state index in [1.54, 1.807) is 17.8 Å². The quantitative estimate of drug-likeness (QED) is 0.645. The van der Waals surface area contributed by atoms with Crippen LogP contribution in [0.25, 0.3) is 0 Å². The van der Waals surface area contributed by atoms with Gasteiger partial charge in [-0.1, -0.05) is 0 Å². The van der Waals surface area contributed by atoms with Crippen molar-refractivity contribution in [3.63, 3.8) is 0 Å². The summed E-state index contributed by atoms with van der Waals surface area (Å²) in [4.78, 5) is 1.59. The van der Waals surface area contributed by atoms with Crippen molar-refractivity contribution in [3.05, 3.63) is 29.9 Å². The van der Waals surface area contributed by atoms with Crippen molar-refractivity contribution in [2.24, 2.45) is 5.73 Å². The van der Waals surface area contributed by atoms with E-state index in [-0.39, 0.29) is 0 Å². The monoisotopic (exact) mass is 205 g/mol. The van der Waals surface area contributed by atoms with Gasteiger partial charge in [-0.2, -0.15) is 9.89 Å². The fourth-order valence-corrected chi connectivity index (χ4v) is 1.42. The second kappa shape index (κ2) is 3.76. The summed E-state index contributed by atoms with van der Waals surface area (Å²) >= 11 is 0. The molecule has 0 atom stereocenters. The number of hydrogen-bond acceptors (Lipinski definition) is 4. The molecule has 1 aliphatic rings. The number of hydrogen-bond donors (Lipinski definition) is 3. The zero-order valence-corrected chi connectivity index (χ0v) is 8.70. The van der Waals surface area contributed by atoms with Gasteiger partial charge in [0, 0.05) is 11.8 Å². The lowest BCUT2D eigenvalue weighted by molar-refractivity contribution is 0.776. The van der Waals surface area contributed by atoms with Gasteiger partial charge < -0.3 is 11.1 Å². The molecule has 0 saturated heterocycles. The second-order valence-corrected chi connectivity index (χ2v) is 3.89. The molecule has 1 saturated carbocycles. The van der Waals surface area contributed by atoms with Crippen LogP contribution in [0.2, 0.25) is 0 Å². The molecule has 0 radical (unpaired) electrons. The Morgan fingerprint density at radius 3 is 3.07 bits per heavy atom. The summed E-state index contributed by atoms with van der Waals surface area (Å²) in [6.45, 7) is 1.67. The molecule has 15 heavy (non-hydrogen) atoms. The molecule has 1 aliphatic carbocycles. The molecule has 0 aromatic carbocycles. The molecule has 0 bridgehead atoms. The van der Waals surface area contributed by atoms with Gasteiger partial charge in [0.25, 0.3) is 0 Å². The molecule has 1 aromatic rings. The average Bonchev–Trinajstić information content (AvgIpc) is 2.87. The molecule has 5 heteroatoms. The lowest BCUT2D eigenvalue weighted by atomic mass is 10.2. The number of aromatic nitrogens is 2. The highest BCUT2D eigenvalue weighted by molar-refractivity contribution is 5.90. The molecule has 2 rings (SSSR count). The van der Waals surface area contributed by atoms with E-state index in [9.17, 15) is 0 Å². The Morgan fingerprint density at radius 1 is 1.73 bits per heavy atom. The van der Waals surface area contributed by atoms with E-state index < -0.39 is 0 Å². The molecule has 0 spiro atoms. The Labute approximate surface area is 88.4 Å². The van der Waals surface area contributed by atoms with Crippen molar-refractivity contribution in [2.45, 2.75) is 25.7 Å². The zero-order valence-electron chi connectivity index (χ0n) is 8.70. The molecule has 1 fully saturated rings. The van der Waals surface area contributed by atoms with Gasteiger partial charge in [-0.3, -0.25) is 5.43 Å². The van der Waals surface area contributed by atoms with E-state index >= 15 is 0 Å². The van der Waals surface area contributed by atoms with Gasteiger partial charge in [0.15, 0.2) is 0 Å². The zero-order chi connectivity index (χ0) is 10.8. The maximum atomic E-state index is 7.25. The molecule has 5 nitrogen and oxygen atoms in total.